The van der Waals surface area contributed by atoms with Crippen LogP contribution in [-0.2, 0) is 6.18 Å². The molecule has 0 heterocycles. The van der Waals surface area contributed by atoms with Crippen LogP contribution in [-0.4, -0.2) is 0 Å². The number of hydrogen-bond acceptors (Lipinski definition) is 0. The van der Waals surface area contributed by atoms with Gasteiger partial charge in [-0.2, -0.15) is 13.2 Å². The lowest BCUT2D eigenvalue weighted by atomic mass is 10.0. The molecule has 18 heavy (non-hydrogen) atoms. The monoisotopic (exact) mass is 270 g/mol. The fourth-order valence-electron chi connectivity index (χ4n) is 1.69. The highest BCUT2D eigenvalue weighted by molar-refractivity contribution is 6.22. The van der Waals surface area contributed by atoms with Gasteiger partial charge in [0.05, 0.1) is 10.9 Å². The van der Waals surface area contributed by atoms with Crippen molar-refractivity contribution in [2.24, 2.45) is 0 Å². The van der Waals surface area contributed by atoms with E-state index in [2.05, 4.69) is 0 Å². The second-order valence-corrected chi connectivity index (χ2v) is 4.33. The minimum absolute atomic E-state index is 0.442. The smallest absolute Gasteiger partial charge is 0.166 e. The lowest BCUT2D eigenvalue weighted by Gasteiger charge is -2.13. The van der Waals surface area contributed by atoms with E-state index in [1.54, 1.807) is 30.3 Å². The van der Waals surface area contributed by atoms with Gasteiger partial charge in [-0.15, -0.1) is 11.6 Å². The SMILES string of the molecule is FC(F)(F)c1cccc([C@@H](Cl)c2ccccc2)c1. The van der Waals surface area contributed by atoms with Gasteiger partial charge in [0.1, 0.15) is 0 Å². The first-order chi connectivity index (χ1) is 8.48. The van der Waals surface area contributed by atoms with Crippen molar-refractivity contribution in [3.8, 4) is 0 Å². The number of hydrogen-bond donors (Lipinski definition) is 0. The van der Waals surface area contributed by atoms with Crippen LogP contribution in [0.1, 0.15) is 22.1 Å². The average molecular weight is 271 g/mol. The molecule has 0 N–H and O–H groups in total. The van der Waals surface area contributed by atoms with E-state index >= 15 is 0 Å². The Labute approximate surface area is 108 Å². The van der Waals surface area contributed by atoms with Crippen molar-refractivity contribution in [2.45, 2.75) is 11.6 Å². The Kier molecular flexibility index (Phi) is 3.62. The van der Waals surface area contributed by atoms with E-state index in [0.29, 0.717) is 5.56 Å². The van der Waals surface area contributed by atoms with Crippen LogP contribution in [0.15, 0.2) is 54.6 Å². The van der Waals surface area contributed by atoms with Crippen LogP contribution in [0.25, 0.3) is 0 Å². The van der Waals surface area contributed by atoms with Gasteiger partial charge in [-0.1, -0.05) is 42.5 Å². The number of halogens is 4. The van der Waals surface area contributed by atoms with Gasteiger partial charge in [0.15, 0.2) is 0 Å². The van der Waals surface area contributed by atoms with Gasteiger partial charge in [-0.25, -0.2) is 0 Å². The normalized spacial score (nSPS) is 13.3. The second-order valence-electron chi connectivity index (χ2n) is 3.90. The summed E-state index contributed by atoms with van der Waals surface area (Å²) in [5.41, 5.74) is 0.540. The van der Waals surface area contributed by atoms with Gasteiger partial charge in [0.2, 0.25) is 0 Å². The van der Waals surface area contributed by atoms with Crippen molar-refractivity contribution in [1.82, 2.24) is 0 Å². The molecule has 4 heteroatoms. The average Bonchev–Trinajstić information content (AvgIpc) is 2.38. The molecule has 0 amide bonds. The maximum Gasteiger partial charge on any atom is 0.416 e. The molecular formula is C14H10ClF3. The zero-order valence-corrected chi connectivity index (χ0v) is 10.0. The zero-order chi connectivity index (χ0) is 13.2. The Balaban J connectivity index is 2.35. The summed E-state index contributed by atoms with van der Waals surface area (Å²) in [6.07, 6.45) is -4.34. The summed E-state index contributed by atoms with van der Waals surface area (Å²) in [5, 5.41) is -0.575. The lowest BCUT2D eigenvalue weighted by Crippen LogP contribution is -2.06. The minimum Gasteiger partial charge on any atom is -0.166 e. The van der Waals surface area contributed by atoms with Crippen LogP contribution in [0, 0.1) is 0 Å². The molecule has 0 unspecified atom stereocenters. The van der Waals surface area contributed by atoms with Gasteiger partial charge >= 0.3 is 6.18 Å². The van der Waals surface area contributed by atoms with Crippen LogP contribution >= 0.6 is 11.6 Å². The fourth-order valence-corrected chi connectivity index (χ4v) is 1.97. The Morgan fingerprint density at radius 1 is 0.833 bits per heavy atom. The van der Waals surface area contributed by atoms with Gasteiger partial charge < -0.3 is 0 Å². The molecule has 94 valence electrons. The molecule has 0 spiro atoms. The van der Waals surface area contributed by atoms with Crippen LogP contribution in [0.3, 0.4) is 0 Å². The third-order valence-corrected chi connectivity index (χ3v) is 3.10. The molecule has 0 aliphatic rings. The highest BCUT2D eigenvalue weighted by Crippen LogP contribution is 2.34. The second kappa shape index (κ2) is 5.02. The molecule has 0 aliphatic heterocycles. The third kappa shape index (κ3) is 2.85. The summed E-state index contributed by atoms with van der Waals surface area (Å²) in [7, 11) is 0. The summed E-state index contributed by atoms with van der Waals surface area (Å²) in [4.78, 5) is 0. The number of rotatable bonds is 2. The zero-order valence-electron chi connectivity index (χ0n) is 9.29. The molecular weight excluding hydrogens is 261 g/mol. The largest absolute Gasteiger partial charge is 0.416 e. The van der Waals surface area contributed by atoms with Crippen molar-refractivity contribution in [1.29, 1.82) is 0 Å². The summed E-state index contributed by atoms with van der Waals surface area (Å²) in [5.74, 6) is 0. The maximum absolute atomic E-state index is 12.6. The van der Waals surface area contributed by atoms with E-state index in [4.69, 9.17) is 11.6 Å². The first-order valence-corrected chi connectivity index (χ1v) is 5.78. The number of alkyl halides is 4. The van der Waals surface area contributed by atoms with E-state index < -0.39 is 17.1 Å². The quantitative estimate of drug-likeness (QED) is 0.671. The highest BCUT2D eigenvalue weighted by atomic mass is 35.5. The fraction of sp³-hybridized carbons (Fsp3) is 0.143. The molecule has 2 aromatic carbocycles. The Hall–Kier alpha value is -1.48. The molecule has 0 nitrogen and oxygen atoms in total. The van der Waals surface area contributed by atoms with Crippen molar-refractivity contribution < 1.29 is 13.2 Å². The van der Waals surface area contributed by atoms with Crippen LogP contribution < -0.4 is 0 Å². The molecule has 0 aromatic heterocycles. The molecule has 1 atom stereocenters. The van der Waals surface area contributed by atoms with E-state index in [1.165, 1.54) is 6.07 Å². The van der Waals surface area contributed by atoms with E-state index in [0.717, 1.165) is 17.7 Å². The first-order valence-electron chi connectivity index (χ1n) is 5.34. The minimum atomic E-state index is -4.34. The van der Waals surface area contributed by atoms with Crippen molar-refractivity contribution in [3.63, 3.8) is 0 Å². The van der Waals surface area contributed by atoms with Gasteiger partial charge in [-0.05, 0) is 23.3 Å². The predicted octanol–water partition coefficient (Wildman–Crippen LogP) is 5.03. The summed E-state index contributed by atoms with van der Waals surface area (Å²) in [6.45, 7) is 0. The van der Waals surface area contributed by atoms with Crippen LogP contribution in [0.2, 0.25) is 0 Å². The van der Waals surface area contributed by atoms with E-state index in [-0.39, 0.29) is 0 Å². The number of benzene rings is 2. The first kappa shape index (κ1) is 13.0. The van der Waals surface area contributed by atoms with Crippen LogP contribution in [0.4, 0.5) is 13.2 Å². The molecule has 2 rings (SSSR count). The van der Waals surface area contributed by atoms with Crippen molar-refractivity contribution in [2.75, 3.05) is 0 Å². The molecule has 0 aliphatic carbocycles. The Bertz CT molecular complexity index is 520. The van der Waals surface area contributed by atoms with E-state index in [1.807, 2.05) is 6.07 Å². The van der Waals surface area contributed by atoms with Gasteiger partial charge in [-0.3, -0.25) is 0 Å². The van der Waals surface area contributed by atoms with Gasteiger partial charge in [0.25, 0.3) is 0 Å². The van der Waals surface area contributed by atoms with Crippen molar-refractivity contribution >= 4 is 11.6 Å². The summed E-state index contributed by atoms with van der Waals surface area (Å²) < 4.78 is 37.8. The summed E-state index contributed by atoms with van der Waals surface area (Å²) in [6, 6.07) is 14.1. The molecule has 0 bridgehead atoms. The van der Waals surface area contributed by atoms with Gasteiger partial charge in [0, 0.05) is 0 Å². The Morgan fingerprint density at radius 3 is 2.06 bits per heavy atom. The highest BCUT2D eigenvalue weighted by Gasteiger charge is 2.30. The predicted molar refractivity (Wildman–Crippen MR) is 65.6 cm³/mol. The van der Waals surface area contributed by atoms with E-state index in [9.17, 15) is 13.2 Å². The molecule has 0 saturated carbocycles. The Morgan fingerprint density at radius 2 is 1.44 bits per heavy atom. The molecule has 0 radical (unpaired) electrons. The molecule has 0 fully saturated rings. The maximum atomic E-state index is 12.6. The van der Waals surface area contributed by atoms with Crippen LogP contribution in [0.5, 0.6) is 0 Å². The lowest BCUT2D eigenvalue weighted by molar-refractivity contribution is -0.137. The molecule has 2 aromatic rings. The summed E-state index contributed by atoms with van der Waals surface area (Å²) >= 11 is 6.19. The topological polar surface area (TPSA) is 0 Å². The van der Waals surface area contributed by atoms with Crippen molar-refractivity contribution in [3.05, 3.63) is 71.3 Å². The molecule has 0 saturated heterocycles. The third-order valence-electron chi connectivity index (χ3n) is 2.60. The standard InChI is InChI=1S/C14H10ClF3/c15-13(10-5-2-1-3-6-10)11-7-4-8-12(9-11)14(16,17)18/h1-9,13H/t13-/m0/s1.